The Labute approximate surface area is 175 Å². The van der Waals surface area contributed by atoms with Gasteiger partial charge in [-0.25, -0.2) is 15.2 Å². The highest BCUT2D eigenvalue weighted by atomic mass is 79.9. The monoisotopic (exact) mass is 469 g/mol. The van der Waals surface area contributed by atoms with Crippen molar-refractivity contribution in [3.8, 4) is 11.5 Å². The number of hydrogen-bond acceptors (Lipinski definition) is 7. The molecule has 148 valence electrons. The number of rotatable bonds is 8. The number of hydrazone groups is 1. The lowest BCUT2D eigenvalue weighted by Crippen LogP contribution is -2.18. The van der Waals surface area contributed by atoms with Crippen molar-refractivity contribution in [3.63, 3.8) is 0 Å². The summed E-state index contributed by atoms with van der Waals surface area (Å²) in [6, 6.07) is 6.46. The van der Waals surface area contributed by atoms with Crippen LogP contribution in [-0.4, -0.2) is 43.4 Å². The predicted octanol–water partition coefficient (Wildman–Crippen LogP) is 3.21. The van der Waals surface area contributed by atoms with Crippen LogP contribution in [0.25, 0.3) is 0 Å². The molecular formula is C18H17BrClN3O5. The number of carbonyl (C=O) groups excluding carboxylic acids is 2. The number of nitrogens with zero attached hydrogens (tertiary/aromatic N) is 2. The summed E-state index contributed by atoms with van der Waals surface area (Å²) in [5.41, 5.74) is 3.20. The van der Waals surface area contributed by atoms with E-state index in [1.807, 2.05) is 0 Å². The Morgan fingerprint density at radius 3 is 2.86 bits per heavy atom. The highest BCUT2D eigenvalue weighted by Gasteiger charge is 2.14. The van der Waals surface area contributed by atoms with Crippen LogP contribution >= 0.6 is 27.5 Å². The first-order chi connectivity index (χ1) is 13.5. The first-order valence-corrected chi connectivity index (χ1v) is 9.23. The average molecular weight is 471 g/mol. The average Bonchev–Trinajstić information content (AvgIpc) is 2.67. The molecule has 0 radical (unpaired) electrons. The molecule has 0 saturated carbocycles. The molecule has 2 aromatic rings. The van der Waals surface area contributed by atoms with Crippen LogP contribution in [0.4, 0.5) is 0 Å². The van der Waals surface area contributed by atoms with Crippen LogP contribution in [-0.2, 0) is 9.53 Å². The van der Waals surface area contributed by atoms with Gasteiger partial charge in [0.05, 0.1) is 30.0 Å². The first-order valence-electron chi connectivity index (χ1n) is 8.06. The van der Waals surface area contributed by atoms with E-state index in [9.17, 15) is 9.59 Å². The third kappa shape index (κ3) is 5.93. The van der Waals surface area contributed by atoms with Crippen LogP contribution < -0.4 is 14.9 Å². The summed E-state index contributed by atoms with van der Waals surface area (Å²) in [6.07, 6.45) is 2.91. The van der Waals surface area contributed by atoms with Crippen LogP contribution in [0.5, 0.6) is 11.5 Å². The number of halogens is 2. The van der Waals surface area contributed by atoms with E-state index < -0.39 is 11.9 Å². The van der Waals surface area contributed by atoms with Crippen molar-refractivity contribution in [1.82, 2.24) is 10.4 Å². The minimum atomic E-state index is -0.491. The molecule has 2 rings (SSSR count). The highest BCUT2D eigenvalue weighted by Crippen LogP contribution is 2.36. The Bertz CT molecular complexity index is 892. The van der Waals surface area contributed by atoms with Gasteiger partial charge in [0, 0.05) is 6.20 Å². The van der Waals surface area contributed by atoms with Crippen molar-refractivity contribution >= 4 is 45.6 Å². The zero-order chi connectivity index (χ0) is 20.5. The maximum absolute atomic E-state index is 12.1. The van der Waals surface area contributed by atoms with Gasteiger partial charge in [0.2, 0.25) is 0 Å². The summed E-state index contributed by atoms with van der Waals surface area (Å²) in [5, 5.41) is 3.99. The predicted molar refractivity (Wildman–Crippen MR) is 107 cm³/mol. The number of amides is 1. The number of methoxy groups -OCH3 is 1. The zero-order valence-corrected chi connectivity index (χ0v) is 17.4. The number of nitrogens with one attached hydrogen (secondary N) is 1. The molecule has 0 atom stereocenters. The number of aromatic nitrogens is 1. The molecule has 0 aliphatic carbocycles. The van der Waals surface area contributed by atoms with E-state index in [1.165, 1.54) is 25.6 Å². The van der Waals surface area contributed by atoms with Gasteiger partial charge in [-0.05, 0) is 52.7 Å². The van der Waals surface area contributed by atoms with Crippen molar-refractivity contribution in [2.24, 2.45) is 5.10 Å². The molecule has 0 aliphatic heterocycles. The standard InChI is InChI=1S/C18H17BrClN3O5/c1-3-27-15(24)10-28-16-13(19)7-11(8-14(16)26-2)9-22-23-18(25)12-5-4-6-21-17(12)20/h4-9H,3,10H2,1-2H3,(H,23,25). The minimum Gasteiger partial charge on any atom is -0.493 e. The van der Waals surface area contributed by atoms with E-state index in [0.29, 0.717) is 21.5 Å². The molecule has 1 amide bonds. The number of esters is 1. The quantitative estimate of drug-likeness (QED) is 0.275. The van der Waals surface area contributed by atoms with E-state index in [0.717, 1.165) is 0 Å². The van der Waals surface area contributed by atoms with Crippen molar-refractivity contribution < 1.29 is 23.8 Å². The molecule has 0 fully saturated rings. The van der Waals surface area contributed by atoms with Crippen molar-refractivity contribution in [2.75, 3.05) is 20.3 Å². The number of benzene rings is 1. The van der Waals surface area contributed by atoms with E-state index in [1.54, 1.807) is 25.1 Å². The summed E-state index contributed by atoms with van der Waals surface area (Å²) in [6.45, 7) is 1.73. The largest absolute Gasteiger partial charge is 0.493 e. The lowest BCUT2D eigenvalue weighted by Gasteiger charge is -2.13. The molecule has 8 nitrogen and oxygen atoms in total. The second-order valence-electron chi connectivity index (χ2n) is 5.17. The maximum Gasteiger partial charge on any atom is 0.344 e. The molecule has 0 unspecified atom stereocenters. The van der Waals surface area contributed by atoms with Crippen molar-refractivity contribution in [3.05, 3.63) is 51.2 Å². The number of hydrogen-bond donors (Lipinski definition) is 1. The molecule has 0 aliphatic rings. The fourth-order valence-corrected chi connectivity index (χ4v) is 2.85. The van der Waals surface area contributed by atoms with Gasteiger partial charge in [0.25, 0.3) is 5.91 Å². The third-order valence-corrected chi connectivity index (χ3v) is 4.17. The van der Waals surface area contributed by atoms with E-state index in [4.69, 9.17) is 25.8 Å². The summed E-state index contributed by atoms with van der Waals surface area (Å²) >= 11 is 9.23. The van der Waals surface area contributed by atoms with Gasteiger partial charge in [0.1, 0.15) is 5.15 Å². The first kappa shape index (κ1) is 21.6. The Morgan fingerprint density at radius 1 is 1.39 bits per heavy atom. The van der Waals surface area contributed by atoms with Gasteiger partial charge in [-0.15, -0.1) is 0 Å². The molecule has 1 aromatic heterocycles. The number of ether oxygens (including phenoxy) is 3. The van der Waals surface area contributed by atoms with Crippen LogP contribution in [0.3, 0.4) is 0 Å². The summed E-state index contributed by atoms with van der Waals surface area (Å²) in [7, 11) is 1.46. The van der Waals surface area contributed by atoms with Crippen molar-refractivity contribution in [2.45, 2.75) is 6.92 Å². The van der Waals surface area contributed by atoms with E-state index >= 15 is 0 Å². The highest BCUT2D eigenvalue weighted by molar-refractivity contribution is 9.10. The summed E-state index contributed by atoms with van der Waals surface area (Å²) in [4.78, 5) is 27.4. The van der Waals surface area contributed by atoms with E-state index in [-0.39, 0.29) is 23.9 Å². The smallest absolute Gasteiger partial charge is 0.344 e. The van der Waals surface area contributed by atoms with Gasteiger partial charge in [-0.3, -0.25) is 4.79 Å². The van der Waals surface area contributed by atoms with Gasteiger partial charge in [-0.1, -0.05) is 11.6 Å². The molecule has 1 N–H and O–H groups in total. The zero-order valence-electron chi connectivity index (χ0n) is 15.1. The molecule has 28 heavy (non-hydrogen) atoms. The third-order valence-electron chi connectivity index (χ3n) is 3.27. The molecule has 1 heterocycles. The van der Waals surface area contributed by atoms with Gasteiger partial charge >= 0.3 is 5.97 Å². The number of carbonyl (C=O) groups is 2. The van der Waals surface area contributed by atoms with Gasteiger partial charge in [0.15, 0.2) is 18.1 Å². The second-order valence-corrected chi connectivity index (χ2v) is 6.38. The lowest BCUT2D eigenvalue weighted by atomic mass is 10.2. The van der Waals surface area contributed by atoms with Crippen LogP contribution in [0.1, 0.15) is 22.8 Å². The van der Waals surface area contributed by atoms with Crippen molar-refractivity contribution in [1.29, 1.82) is 0 Å². The van der Waals surface area contributed by atoms with E-state index in [2.05, 4.69) is 31.4 Å². The van der Waals surface area contributed by atoms with Crippen LogP contribution in [0.2, 0.25) is 5.15 Å². The Hall–Kier alpha value is -2.65. The maximum atomic E-state index is 12.1. The molecule has 0 saturated heterocycles. The minimum absolute atomic E-state index is 0.0858. The Balaban J connectivity index is 2.09. The lowest BCUT2D eigenvalue weighted by molar-refractivity contribution is -0.145. The molecular weight excluding hydrogens is 454 g/mol. The number of pyridine rings is 1. The van der Waals surface area contributed by atoms with Gasteiger partial charge < -0.3 is 14.2 Å². The Morgan fingerprint density at radius 2 is 2.18 bits per heavy atom. The topological polar surface area (TPSA) is 99.1 Å². The second kappa shape index (κ2) is 10.6. The summed E-state index contributed by atoms with van der Waals surface area (Å²) < 4.78 is 16.1. The fraction of sp³-hybridized carbons (Fsp3) is 0.222. The summed E-state index contributed by atoms with van der Waals surface area (Å²) in [5.74, 6) is -0.255. The SMILES string of the molecule is CCOC(=O)COc1c(Br)cc(C=NNC(=O)c2cccnc2Cl)cc1OC. The molecule has 10 heteroatoms. The Kier molecular flexibility index (Phi) is 8.21. The van der Waals surface area contributed by atoms with Crippen LogP contribution in [0, 0.1) is 0 Å². The normalized spacial score (nSPS) is 10.6. The van der Waals surface area contributed by atoms with Gasteiger partial charge in [-0.2, -0.15) is 5.10 Å². The van der Waals surface area contributed by atoms with Crippen LogP contribution in [0.15, 0.2) is 40.0 Å². The molecule has 1 aromatic carbocycles. The molecule has 0 spiro atoms. The fourth-order valence-electron chi connectivity index (χ4n) is 2.07. The molecule has 0 bridgehead atoms.